The molecule has 0 bridgehead atoms. The van der Waals surface area contributed by atoms with Crippen LogP contribution in [-0.4, -0.2) is 33.5 Å². The number of hydrogen-bond acceptors (Lipinski definition) is 4. The fourth-order valence-electron chi connectivity index (χ4n) is 4.18. The van der Waals surface area contributed by atoms with Gasteiger partial charge in [-0.25, -0.2) is 13.1 Å². The Kier molecular flexibility index (Phi) is 7.56. The van der Waals surface area contributed by atoms with Crippen molar-refractivity contribution in [1.29, 1.82) is 0 Å². The number of anilines is 1. The summed E-state index contributed by atoms with van der Waals surface area (Å²) in [5.74, 6) is -0.127. The predicted octanol–water partition coefficient (Wildman–Crippen LogP) is 4.78. The number of benzene rings is 3. The van der Waals surface area contributed by atoms with Gasteiger partial charge in [-0.1, -0.05) is 54.1 Å². The standard InChI is InChI=1S/C26H28ClN3O3S/c1-19(20-7-3-2-4-8-20)28-26(31)24-9-5-6-10-25(24)30-17-15-22(16-18-30)29-34(32,33)23-13-11-21(27)12-14-23/h2-14,19,22,29H,15-18H2,1H3,(H,28,31). The van der Waals surface area contributed by atoms with E-state index in [4.69, 9.17) is 11.6 Å². The molecule has 1 heterocycles. The number of para-hydroxylation sites is 1. The maximum Gasteiger partial charge on any atom is 0.253 e. The van der Waals surface area contributed by atoms with E-state index in [1.807, 2.05) is 61.5 Å². The average Bonchev–Trinajstić information content (AvgIpc) is 2.85. The second kappa shape index (κ2) is 10.6. The molecular weight excluding hydrogens is 470 g/mol. The van der Waals surface area contributed by atoms with Crippen LogP contribution in [0.15, 0.2) is 83.8 Å². The molecule has 0 radical (unpaired) electrons. The van der Waals surface area contributed by atoms with E-state index in [1.165, 1.54) is 12.1 Å². The van der Waals surface area contributed by atoms with Gasteiger partial charge in [-0.3, -0.25) is 4.79 Å². The highest BCUT2D eigenvalue weighted by Gasteiger charge is 2.26. The van der Waals surface area contributed by atoms with E-state index >= 15 is 0 Å². The Hall–Kier alpha value is -2.87. The lowest BCUT2D eigenvalue weighted by Gasteiger charge is -2.34. The van der Waals surface area contributed by atoms with Crippen LogP contribution in [0, 0.1) is 0 Å². The molecular formula is C26H28ClN3O3S. The van der Waals surface area contributed by atoms with Crippen molar-refractivity contribution >= 4 is 33.2 Å². The minimum Gasteiger partial charge on any atom is -0.371 e. The highest BCUT2D eigenvalue weighted by molar-refractivity contribution is 7.89. The molecule has 1 unspecified atom stereocenters. The summed E-state index contributed by atoms with van der Waals surface area (Å²) in [6.07, 6.45) is 1.28. The highest BCUT2D eigenvalue weighted by Crippen LogP contribution is 2.26. The number of amides is 1. The van der Waals surface area contributed by atoms with Gasteiger partial charge in [0.05, 0.1) is 16.5 Å². The molecule has 1 amide bonds. The van der Waals surface area contributed by atoms with Gasteiger partial charge in [-0.2, -0.15) is 0 Å². The summed E-state index contributed by atoms with van der Waals surface area (Å²) in [6, 6.07) is 23.3. The number of nitrogens with zero attached hydrogens (tertiary/aromatic N) is 1. The third-order valence-electron chi connectivity index (χ3n) is 6.08. The Bertz CT molecular complexity index is 1230. The van der Waals surface area contributed by atoms with Crippen molar-refractivity contribution in [3.05, 3.63) is 95.0 Å². The minimum atomic E-state index is -3.61. The molecule has 6 nitrogen and oxygen atoms in total. The first-order valence-corrected chi connectivity index (χ1v) is 13.2. The summed E-state index contributed by atoms with van der Waals surface area (Å²) in [5, 5.41) is 3.58. The summed E-state index contributed by atoms with van der Waals surface area (Å²) in [7, 11) is -3.61. The van der Waals surface area contributed by atoms with Gasteiger partial charge in [0.2, 0.25) is 10.0 Å². The van der Waals surface area contributed by atoms with Crippen molar-refractivity contribution in [2.24, 2.45) is 0 Å². The number of carbonyl (C=O) groups excluding carboxylic acids is 1. The van der Waals surface area contributed by atoms with Gasteiger partial charge < -0.3 is 10.2 Å². The van der Waals surface area contributed by atoms with Crippen LogP contribution in [0.3, 0.4) is 0 Å². The monoisotopic (exact) mass is 497 g/mol. The Balaban J connectivity index is 1.40. The van der Waals surface area contributed by atoms with Crippen molar-refractivity contribution in [3.8, 4) is 0 Å². The first-order chi connectivity index (χ1) is 16.3. The van der Waals surface area contributed by atoms with Gasteiger partial charge in [0.25, 0.3) is 5.91 Å². The minimum absolute atomic E-state index is 0.116. The molecule has 34 heavy (non-hydrogen) atoms. The maximum absolute atomic E-state index is 13.1. The molecule has 178 valence electrons. The Morgan fingerprint density at radius 1 is 0.941 bits per heavy atom. The summed E-state index contributed by atoms with van der Waals surface area (Å²) in [6.45, 7) is 3.26. The lowest BCUT2D eigenvalue weighted by atomic mass is 10.0. The van der Waals surface area contributed by atoms with Crippen LogP contribution in [0.25, 0.3) is 0 Å². The quantitative estimate of drug-likeness (QED) is 0.492. The topological polar surface area (TPSA) is 78.5 Å². The van der Waals surface area contributed by atoms with Crippen LogP contribution < -0.4 is 14.9 Å². The normalized spacial score (nSPS) is 15.6. The van der Waals surface area contributed by atoms with Crippen LogP contribution in [-0.2, 0) is 10.0 Å². The molecule has 0 aliphatic carbocycles. The average molecular weight is 498 g/mol. The molecule has 1 aliphatic heterocycles. The van der Waals surface area contributed by atoms with Gasteiger partial charge in [-0.05, 0) is 61.7 Å². The third kappa shape index (κ3) is 5.78. The van der Waals surface area contributed by atoms with Crippen LogP contribution in [0.1, 0.15) is 41.7 Å². The summed E-state index contributed by atoms with van der Waals surface area (Å²) in [5.41, 5.74) is 2.52. The van der Waals surface area contributed by atoms with Crippen molar-refractivity contribution in [2.45, 2.75) is 36.7 Å². The molecule has 3 aromatic rings. The molecule has 2 N–H and O–H groups in total. The molecule has 1 aliphatic rings. The van der Waals surface area contributed by atoms with Gasteiger partial charge in [-0.15, -0.1) is 0 Å². The fourth-order valence-corrected chi connectivity index (χ4v) is 5.61. The second-order valence-electron chi connectivity index (χ2n) is 8.46. The number of nitrogens with one attached hydrogen (secondary N) is 2. The SMILES string of the molecule is CC(NC(=O)c1ccccc1N1CCC(NS(=O)(=O)c2ccc(Cl)cc2)CC1)c1ccccc1. The Labute approximate surface area is 206 Å². The van der Waals surface area contributed by atoms with Crippen molar-refractivity contribution in [1.82, 2.24) is 10.0 Å². The van der Waals surface area contributed by atoms with E-state index in [1.54, 1.807) is 12.1 Å². The van der Waals surface area contributed by atoms with Crippen molar-refractivity contribution < 1.29 is 13.2 Å². The number of carbonyl (C=O) groups is 1. The fraction of sp³-hybridized carbons (Fsp3) is 0.269. The first kappa shape index (κ1) is 24.3. The lowest BCUT2D eigenvalue weighted by molar-refractivity contribution is 0.0940. The molecule has 8 heteroatoms. The van der Waals surface area contributed by atoms with Crippen LogP contribution in [0.5, 0.6) is 0 Å². The summed E-state index contributed by atoms with van der Waals surface area (Å²) in [4.78, 5) is 15.4. The number of rotatable bonds is 7. The van der Waals surface area contributed by atoms with E-state index in [0.717, 1.165) is 11.3 Å². The molecule has 1 fully saturated rings. The summed E-state index contributed by atoms with van der Waals surface area (Å²) < 4.78 is 28.2. The van der Waals surface area contributed by atoms with E-state index in [9.17, 15) is 13.2 Å². The van der Waals surface area contributed by atoms with E-state index in [-0.39, 0.29) is 22.9 Å². The zero-order valence-electron chi connectivity index (χ0n) is 18.9. The second-order valence-corrected chi connectivity index (χ2v) is 10.6. The molecule has 3 aromatic carbocycles. The van der Waals surface area contributed by atoms with Gasteiger partial charge in [0.1, 0.15) is 0 Å². The van der Waals surface area contributed by atoms with Gasteiger partial charge in [0.15, 0.2) is 0 Å². The van der Waals surface area contributed by atoms with E-state index < -0.39 is 10.0 Å². The Morgan fingerprint density at radius 3 is 2.24 bits per heavy atom. The zero-order valence-corrected chi connectivity index (χ0v) is 20.5. The van der Waals surface area contributed by atoms with Gasteiger partial charge >= 0.3 is 0 Å². The third-order valence-corrected chi connectivity index (χ3v) is 7.87. The number of piperidine rings is 1. The molecule has 4 rings (SSSR count). The number of halogens is 1. The van der Waals surface area contributed by atoms with E-state index in [2.05, 4.69) is 14.9 Å². The first-order valence-electron chi connectivity index (χ1n) is 11.3. The van der Waals surface area contributed by atoms with E-state index in [0.29, 0.717) is 36.5 Å². The number of sulfonamides is 1. The highest BCUT2D eigenvalue weighted by atomic mass is 35.5. The van der Waals surface area contributed by atoms with Crippen molar-refractivity contribution in [2.75, 3.05) is 18.0 Å². The molecule has 1 saturated heterocycles. The molecule has 0 saturated carbocycles. The maximum atomic E-state index is 13.1. The largest absolute Gasteiger partial charge is 0.371 e. The van der Waals surface area contributed by atoms with Crippen LogP contribution in [0.2, 0.25) is 5.02 Å². The molecule has 0 aromatic heterocycles. The van der Waals surface area contributed by atoms with Crippen LogP contribution in [0.4, 0.5) is 5.69 Å². The van der Waals surface area contributed by atoms with Crippen LogP contribution >= 0.6 is 11.6 Å². The van der Waals surface area contributed by atoms with Gasteiger partial charge in [0, 0.05) is 29.8 Å². The lowest BCUT2D eigenvalue weighted by Crippen LogP contribution is -2.45. The predicted molar refractivity (Wildman–Crippen MR) is 136 cm³/mol. The number of hydrogen-bond donors (Lipinski definition) is 2. The molecule has 1 atom stereocenters. The molecule has 0 spiro atoms. The zero-order chi connectivity index (χ0) is 24.1. The van der Waals surface area contributed by atoms with Crippen molar-refractivity contribution in [3.63, 3.8) is 0 Å². The smallest absolute Gasteiger partial charge is 0.253 e. The summed E-state index contributed by atoms with van der Waals surface area (Å²) >= 11 is 5.87. The Morgan fingerprint density at radius 2 is 1.56 bits per heavy atom.